The van der Waals surface area contributed by atoms with Gasteiger partial charge in [-0.2, -0.15) is 0 Å². The molecular weight excluding hydrogens is 246 g/mol. The third-order valence-electron chi connectivity index (χ3n) is 3.15. The third kappa shape index (κ3) is 4.73. The van der Waals surface area contributed by atoms with Crippen molar-refractivity contribution in [2.45, 2.75) is 46.6 Å². The van der Waals surface area contributed by atoms with E-state index in [9.17, 15) is 9.59 Å². The van der Waals surface area contributed by atoms with E-state index in [0.717, 1.165) is 0 Å². The molecule has 1 fully saturated rings. The van der Waals surface area contributed by atoms with E-state index >= 15 is 0 Å². The van der Waals surface area contributed by atoms with Crippen LogP contribution < -0.4 is 0 Å². The number of nitrogens with zero attached hydrogens (tertiary/aromatic N) is 1. The van der Waals surface area contributed by atoms with Crippen molar-refractivity contribution in [1.29, 1.82) is 0 Å². The normalized spacial score (nSPS) is 23.9. The minimum atomic E-state index is -0.488. The molecule has 1 aliphatic heterocycles. The van der Waals surface area contributed by atoms with Gasteiger partial charge in [0.1, 0.15) is 5.60 Å². The number of ether oxygens (including phenoxy) is 2. The minimum absolute atomic E-state index is 0.0975. The van der Waals surface area contributed by atoms with Gasteiger partial charge in [0.2, 0.25) is 0 Å². The highest BCUT2D eigenvalue weighted by Gasteiger charge is 2.35. The highest BCUT2D eigenvalue weighted by molar-refractivity contribution is 5.74. The van der Waals surface area contributed by atoms with E-state index in [1.807, 2.05) is 27.7 Å². The Balaban J connectivity index is 2.54. The van der Waals surface area contributed by atoms with Crippen molar-refractivity contribution >= 4 is 12.1 Å². The van der Waals surface area contributed by atoms with E-state index in [4.69, 9.17) is 9.47 Å². The second kappa shape index (κ2) is 6.26. The lowest BCUT2D eigenvalue weighted by molar-refractivity contribution is -0.151. The van der Waals surface area contributed by atoms with Crippen LogP contribution in [0.4, 0.5) is 4.79 Å². The van der Waals surface area contributed by atoms with Gasteiger partial charge in [0.15, 0.2) is 0 Å². The molecule has 1 amide bonds. The van der Waals surface area contributed by atoms with Crippen LogP contribution in [-0.4, -0.2) is 42.3 Å². The van der Waals surface area contributed by atoms with E-state index < -0.39 is 5.60 Å². The second-order valence-corrected chi connectivity index (χ2v) is 6.05. The minimum Gasteiger partial charge on any atom is -0.466 e. The van der Waals surface area contributed by atoms with Gasteiger partial charge in [-0.25, -0.2) is 4.79 Å². The predicted molar refractivity (Wildman–Crippen MR) is 71.7 cm³/mol. The Morgan fingerprint density at radius 1 is 1.32 bits per heavy atom. The van der Waals surface area contributed by atoms with E-state index in [1.54, 1.807) is 11.8 Å². The van der Waals surface area contributed by atoms with E-state index in [2.05, 4.69) is 0 Å². The van der Waals surface area contributed by atoms with Crippen molar-refractivity contribution in [2.24, 2.45) is 11.8 Å². The monoisotopic (exact) mass is 271 g/mol. The summed E-state index contributed by atoms with van der Waals surface area (Å²) >= 11 is 0. The fraction of sp³-hybridized carbons (Fsp3) is 0.857. The van der Waals surface area contributed by atoms with Crippen molar-refractivity contribution in [3.8, 4) is 0 Å². The van der Waals surface area contributed by atoms with E-state index in [-0.39, 0.29) is 23.9 Å². The van der Waals surface area contributed by atoms with E-state index in [1.165, 1.54) is 0 Å². The molecular formula is C14H25NO4. The number of piperidine rings is 1. The van der Waals surface area contributed by atoms with Gasteiger partial charge in [-0.1, -0.05) is 6.92 Å². The van der Waals surface area contributed by atoms with Crippen molar-refractivity contribution in [3.05, 3.63) is 0 Å². The summed E-state index contributed by atoms with van der Waals surface area (Å²) in [5.74, 6) is -0.169. The summed E-state index contributed by atoms with van der Waals surface area (Å²) < 4.78 is 10.4. The standard InChI is InChI=1S/C14H25NO4/c1-6-18-12(16)11-7-8-15(9-10(11)2)13(17)19-14(3,4)5/h10-11H,6-9H2,1-5H3. The fourth-order valence-electron chi connectivity index (χ4n) is 2.24. The lowest BCUT2D eigenvalue weighted by atomic mass is 9.87. The van der Waals surface area contributed by atoms with Crippen molar-refractivity contribution in [1.82, 2.24) is 4.90 Å². The van der Waals surface area contributed by atoms with Gasteiger partial charge in [0.25, 0.3) is 0 Å². The average molecular weight is 271 g/mol. The maximum absolute atomic E-state index is 11.9. The molecule has 1 heterocycles. The molecule has 0 aromatic rings. The Bertz CT molecular complexity index is 335. The zero-order valence-electron chi connectivity index (χ0n) is 12.6. The quantitative estimate of drug-likeness (QED) is 0.724. The molecule has 0 radical (unpaired) electrons. The highest BCUT2D eigenvalue weighted by Crippen LogP contribution is 2.25. The van der Waals surface area contributed by atoms with Gasteiger partial charge in [0, 0.05) is 13.1 Å². The Morgan fingerprint density at radius 2 is 1.95 bits per heavy atom. The Hall–Kier alpha value is -1.26. The number of likely N-dealkylation sites (tertiary alicyclic amines) is 1. The molecule has 0 spiro atoms. The number of hydrogen-bond acceptors (Lipinski definition) is 4. The summed E-state index contributed by atoms with van der Waals surface area (Å²) in [5.41, 5.74) is -0.488. The summed E-state index contributed by atoms with van der Waals surface area (Å²) in [6.45, 7) is 10.8. The molecule has 0 aromatic carbocycles. The SMILES string of the molecule is CCOC(=O)C1CCN(C(=O)OC(C)(C)C)CC1C. The van der Waals surface area contributed by atoms with Crippen LogP contribution in [0.3, 0.4) is 0 Å². The summed E-state index contributed by atoms with van der Waals surface area (Å²) in [4.78, 5) is 25.4. The van der Waals surface area contributed by atoms with Crippen LogP contribution in [-0.2, 0) is 14.3 Å². The Labute approximate surface area is 115 Å². The maximum atomic E-state index is 11.9. The van der Waals surface area contributed by atoms with Crippen LogP contribution in [0.2, 0.25) is 0 Å². The molecule has 1 rings (SSSR count). The van der Waals surface area contributed by atoms with Crippen molar-refractivity contribution < 1.29 is 19.1 Å². The zero-order chi connectivity index (χ0) is 14.6. The van der Waals surface area contributed by atoms with Gasteiger partial charge < -0.3 is 14.4 Å². The molecule has 0 bridgehead atoms. The number of rotatable bonds is 2. The smallest absolute Gasteiger partial charge is 0.410 e. The summed E-state index contributed by atoms with van der Waals surface area (Å²) in [6.07, 6.45) is 0.334. The molecule has 2 unspecified atom stereocenters. The molecule has 0 aromatic heterocycles. The van der Waals surface area contributed by atoms with Crippen LogP contribution in [0, 0.1) is 11.8 Å². The van der Waals surface area contributed by atoms with Gasteiger partial charge >= 0.3 is 12.1 Å². The Kier molecular flexibility index (Phi) is 5.20. The van der Waals surface area contributed by atoms with Gasteiger partial charge in [-0.05, 0) is 40.0 Å². The molecule has 0 N–H and O–H groups in total. The lowest BCUT2D eigenvalue weighted by Crippen LogP contribution is -2.47. The molecule has 19 heavy (non-hydrogen) atoms. The zero-order valence-corrected chi connectivity index (χ0v) is 12.6. The molecule has 5 nitrogen and oxygen atoms in total. The highest BCUT2D eigenvalue weighted by atomic mass is 16.6. The van der Waals surface area contributed by atoms with Gasteiger partial charge in [0.05, 0.1) is 12.5 Å². The van der Waals surface area contributed by atoms with Crippen LogP contribution >= 0.6 is 0 Å². The van der Waals surface area contributed by atoms with E-state index in [0.29, 0.717) is 26.1 Å². The number of hydrogen-bond donors (Lipinski definition) is 0. The molecule has 0 aliphatic carbocycles. The first-order chi connectivity index (χ1) is 8.74. The van der Waals surface area contributed by atoms with Crippen LogP contribution in [0.1, 0.15) is 41.0 Å². The largest absolute Gasteiger partial charge is 0.466 e. The second-order valence-electron chi connectivity index (χ2n) is 6.05. The number of carbonyl (C=O) groups excluding carboxylic acids is 2. The van der Waals surface area contributed by atoms with Crippen molar-refractivity contribution in [3.63, 3.8) is 0 Å². The fourth-order valence-corrected chi connectivity index (χ4v) is 2.24. The predicted octanol–water partition coefficient (Wildman–Crippen LogP) is 2.44. The molecule has 2 atom stereocenters. The summed E-state index contributed by atoms with van der Waals surface area (Å²) in [5, 5.41) is 0. The van der Waals surface area contributed by atoms with Crippen molar-refractivity contribution in [2.75, 3.05) is 19.7 Å². The lowest BCUT2D eigenvalue weighted by Gasteiger charge is -2.36. The topological polar surface area (TPSA) is 55.8 Å². The molecule has 1 saturated heterocycles. The molecule has 110 valence electrons. The number of amides is 1. The summed E-state index contributed by atoms with van der Waals surface area (Å²) in [6, 6.07) is 0. The first kappa shape index (κ1) is 15.8. The van der Waals surface area contributed by atoms with Crippen LogP contribution in [0.5, 0.6) is 0 Å². The molecule has 5 heteroatoms. The molecule has 1 aliphatic rings. The maximum Gasteiger partial charge on any atom is 0.410 e. The number of carbonyl (C=O) groups is 2. The van der Waals surface area contributed by atoms with Gasteiger partial charge in [-0.15, -0.1) is 0 Å². The number of esters is 1. The van der Waals surface area contributed by atoms with Crippen LogP contribution in [0.25, 0.3) is 0 Å². The summed E-state index contributed by atoms with van der Waals surface area (Å²) in [7, 11) is 0. The first-order valence-corrected chi connectivity index (χ1v) is 6.89. The van der Waals surface area contributed by atoms with Gasteiger partial charge in [-0.3, -0.25) is 4.79 Å². The first-order valence-electron chi connectivity index (χ1n) is 6.89. The average Bonchev–Trinajstić information content (AvgIpc) is 2.26. The molecule has 0 saturated carbocycles. The van der Waals surface area contributed by atoms with Crippen LogP contribution in [0.15, 0.2) is 0 Å². The third-order valence-corrected chi connectivity index (χ3v) is 3.15. The Morgan fingerprint density at radius 3 is 2.42 bits per heavy atom.